The van der Waals surface area contributed by atoms with Crippen LogP contribution >= 0.6 is 34.8 Å². The fourth-order valence-electron chi connectivity index (χ4n) is 1.96. The largest absolute Gasteiger partial charge is 0.494 e. The standard InChI is InChI=1S/C16H12Cl3NO3/c1-23-15-12(19)6-5-11(18)14(15)16(22)20-8-13(21)9-3-2-4-10(17)7-9/h2-7H,8H2,1H3,(H,20,22). The lowest BCUT2D eigenvalue weighted by Gasteiger charge is -2.12. The number of ether oxygens (including phenoxy) is 1. The number of nitrogens with one attached hydrogen (secondary N) is 1. The van der Waals surface area contributed by atoms with Crippen molar-refractivity contribution in [2.75, 3.05) is 13.7 Å². The molecule has 0 spiro atoms. The van der Waals surface area contributed by atoms with E-state index < -0.39 is 5.91 Å². The second kappa shape index (κ2) is 7.68. The Balaban J connectivity index is 2.14. The van der Waals surface area contributed by atoms with Gasteiger partial charge >= 0.3 is 0 Å². The van der Waals surface area contributed by atoms with Gasteiger partial charge in [0.1, 0.15) is 5.56 Å². The number of carbonyl (C=O) groups excluding carboxylic acids is 2. The molecule has 0 fully saturated rings. The SMILES string of the molecule is COc1c(Cl)ccc(Cl)c1C(=O)NCC(=O)c1cccc(Cl)c1. The number of carbonyl (C=O) groups is 2. The summed E-state index contributed by atoms with van der Waals surface area (Å²) in [6.45, 7) is -0.203. The van der Waals surface area contributed by atoms with E-state index in [2.05, 4.69) is 5.32 Å². The average molecular weight is 373 g/mol. The van der Waals surface area contributed by atoms with Crippen molar-refractivity contribution in [3.05, 3.63) is 62.6 Å². The summed E-state index contributed by atoms with van der Waals surface area (Å²) in [6.07, 6.45) is 0. The van der Waals surface area contributed by atoms with E-state index in [-0.39, 0.29) is 33.7 Å². The number of methoxy groups -OCH3 is 1. The molecule has 0 unspecified atom stereocenters. The summed E-state index contributed by atoms with van der Waals surface area (Å²) in [5, 5.41) is 3.38. The number of ketones is 1. The molecule has 0 saturated heterocycles. The quantitative estimate of drug-likeness (QED) is 0.798. The highest BCUT2D eigenvalue weighted by atomic mass is 35.5. The fourth-order valence-corrected chi connectivity index (χ4v) is 2.62. The average Bonchev–Trinajstić information content (AvgIpc) is 2.54. The molecule has 7 heteroatoms. The molecular weight excluding hydrogens is 361 g/mol. The van der Waals surface area contributed by atoms with E-state index in [0.29, 0.717) is 10.6 Å². The summed E-state index contributed by atoms with van der Waals surface area (Å²) in [4.78, 5) is 24.4. The maximum Gasteiger partial charge on any atom is 0.257 e. The van der Waals surface area contributed by atoms with Gasteiger partial charge in [-0.15, -0.1) is 0 Å². The van der Waals surface area contributed by atoms with Crippen molar-refractivity contribution in [2.45, 2.75) is 0 Å². The molecule has 0 bridgehead atoms. The monoisotopic (exact) mass is 371 g/mol. The van der Waals surface area contributed by atoms with Crippen LogP contribution in [0.15, 0.2) is 36.4 Å². The number of hydrogen-bond acceptors (Lipinski definition) is 3. The van der Waals surface area contributed by atoms with Crippen LogP contribution in [0.4, 0.5) is 0 Å². The molecule has 0 aliphatic carbocycles. The fraction of sp³-hybridized carbons (Fsp3) is 0.125. The van der Waals surface area contributed by atoms with Gasteiger partial charge in [-0.3, -0.25) is 9.59 Å². The summed E-state index contributed by atoms with van der Waals surface area (Å²) in [6, 6.07) is 9.48. The van der Waals surface area contributed by atoms with E-state index in [1.54, 1.807) is 18.2 Å². The number of hydrogen-bond donors (Lipinski definition) is 1. The van der Waals surface area contributed by atoms with Crippen LogP contribution in [0.5, 0.6) is 5.75 Å². The molecule has 2 aromatic carbocycles. The molecule has 0 aromatic heterocycles. The Morgan fingerprint density at radius 2 is 1.78 bits per heavy atom. The summed E-state index contributed by atoms with van der Waals surface area (Å²) in [5.74, 6) is -0.672. The number of benzene rings is 2. The minimum atomic E-state index is -0.551. The molecule has 1 N–H and O–H groups in total. The van der Waals surface area contributed by atoms with Crippen LogP contribution in [0.3, 0.4) is 0 Å². The summed E-state index contributed by atoms with van der Waals surface area (Å²) >= 11 is 17.8. The van der Waals surface area contributed by atoms with Crippen molar-refractivity contribution in [2.24, 2.45) is 0 Å². The van der Waals surface area contributed by atoms with Crippen LogP contribution < -0.4 is 10.1 Å². The molecular formula is C16H12Cl3NO3. The van der Waals surface area contributed by atoms with Gasteiger partial charge in [0.15, 0.2) is 11.5 Å². The molecule has 0 atom stereocenters. The number of rotatable bonds is 5. The van der Waals surface area contributed by atoms with E-state index in [4.69, 9.17) is 39.5 Å². The number of halogens is 3. The lowest BCUT2D eigenvalue weighted by molar-refractivity contribution is 0.0902. The van der Waals surface area contributed by atoms with E-state index in [1.807, 2.05) is 0 Å². The molecule has 1 amide bonds. The zero-order valence-corrected chi connectivity index (χ0v) is 14.3. The first-order chi connectivity index (χ1) is 10.9. The van der Waals surface area contributed by atoms with Gasteiger partial charge in [0.25, 0.3) is 5.91 Å². The van der Waals surface area contributed by atoms with Gasteiger partial charge in [-0.25, -0.2) is 0 Å². The maximum atomic E-state index is 12.3. The zero-order valence-electron chi connectivity index (χ0n) is 12.0. The van der Waals surface area contributed by atoms with Crippen LogP contribution in [0.2, 0.25) is 15.1 Å². The molecule has 0 heterocycles. The van der Waals surface area contributed by atoms with Gasteiger partial charge in [0.05, 0.1) is 23.7 Å². The lowest BCUT2D eigenvalue weighted by atomic mass is 10.1. The first-order valence-electron chi connectivity index (χ1n) is 6.53. The Bertz CT molecular complexity index is 762. The predicted molar refractivity (Wildman–Crippen MR) is 91.1 cm³/mol. The van der Waals surface area contributed by atoms with Crippen LogP contribution in [-0.2, 0) is 0 Å². The summed E-state index contributed by atoms with van der Waals surface area (Å²) in [5.41, 5.74) is 0.488. The third kappa shape index (κ3) is 4.16. The zero-order chi connectivity index (χ0) is 17.0. The van der Waals surface area contributed by atoms with Gasteiger partial charge in [-0.2, -0.15) is 0 Å². The Labute approximate surface area is 148 Å². The number of amides is 1. The van der Waals surface area contributed by atoms with Crippen molar-refractivity contribution >= 4 is 46.5 Å². The molecule has 0 aliphatic rings. The van der Waals surface area contributed by atoms with Crippen LogP contribution in [0, 0.1) is 0 Å². The summed E-state index contributed by atoms with van der Waals surface area (Å²) < 4.78 is 5.11. The van der Waals surface area contributed by atoms with E-state index >= 15 is 0 Å². The molecule has 23 heavy (non-hydrogen) atoms. The molecule has 0 aliphatic heterocycles. The maximum absolute atomic E-state index is 12.3. The van der Waals surface area contributed by atoms with Gasteiger partial charge in [0, 0.05) is 10.6 Å². The van der Waals surface area contributed by atoms with Crippen molar-refractivity contribution in [1.82, 2.24) is 5.32 Å². The molecule has 120 valence electrons. The van der Waals surface area contributed by atoms with Crippen LogP contribution in [0.1, 0.15) is 20.7 Å². The molecule has 2 rings (SSSR count). The van der Waals surface area contributed by atoms with Crippen molar-refractivity contribution < 1.29 is 14.3 Å². The van der Waals surface area contributed by atoms with Crippen molar-refractivity contribution in [1.29, 1.82) is 0 Å². The van der Waals surface area contributed by atoms with Crippen LogP contribution in [0.25, 0.3) is 0 Å². The highest BCUT2D eigenvalue weighted by Crippen LogP contribution is 2.33. The Morgan fingerprint density at radius 3 is 2.43 bits per heavy atom. The molecule has 0 saturated carbocycles. The lowest BCUT2D eigenvalue weighted by Crippen LogP contribution is -2.30. The third-order valence-corrected chi connectivity index (χ3v) is 3.89. The third-order valence-electron chi connectivity index (χ3n) is 3.05. The molecule has 4 nitrogen and oxygen atoms in total. The molecule has 0 radical (unpaired) electrons. The minimum absolute atomic E-state index is 0.0839. The number of Topliss-reactive ketones (excluding diaryl/α,β-unsaturated/α-hetero) is 1. The van der Waals surface area contributed by atoms with Gasteiger partial charge in [-0.1, -0.05) is 46.9 Å². The highest BCUT2D eigenvalue weighted by molar-refractivity contribution is 6.37. The van der Waals surface area contributed by atoms with E-state index in [9.17, 15) is 9.59 Å². The predicted octanol–water partition coefficient (Wildman–Crippen LogP) is 4.27. The van der Waals surface area contributed by atoms with E-state index in [1.165, 1.54) is 25.3 Å². The highest BCUT2D eigenvalue weighted by Gasteiger charge is 2.20. The second-order valence-electron chi connectivity index (χ2n) is 4.55. The van der Waals surface area contributed by atoms with E-state index in [0.717, 1.165) is 0 Å². The Kier molecular flexibility index (Phi) is 5.88. The van der Waals surface area contributed by atoms with Gasteiger partial charge in [0.2, 0.25) is 0 Å². The smallest absolute Gasteiger partial charge is 0.257 e. The molecule has 2 aromatic rings. The van der Waals surface area contributed by atoms with Gasteiger partial charge < -0.3 is 10.1 Å². The first-order valence-corrected chi connectivity index (χ1v) is 7.66. The Hall–Kier alpha value is -1.75. The second-order valence-corrected chi connectivity index (χ2v) is 5.80. The topological polar surface area (TPSA) is 55.4 Å². The van der Waals surface area contributed by atoms with Gasteiger partial charge in [-0.05, 0) is 24.3 Å². The minimum Gasteiger partial charge on any atom is -0.494 e. The van der Waals surface area contributed by atoms with Crippen molar-refractivity contribution in [3.8, 4) is 5.75 Å². The van der Waals surface area contributed by atoms with Crippen LogP contribution in [-0.4, -0.2) is 25.3 Å². The first kappa shape index (κ1) is 17.6. The Morgan fingerprint density at radius 1 is 1.09 bits per heavy atom. The summed E-state index contributed by atoms with van der Waals surface area (Å²) in [7, 11) is 1.38. The normalized spacial score (nSPS) is 10.3. The van der Waals surface area contributed by atoms with Crippen molar-refractivity contribution in [3.63, 3.8) is 0 Å².